The fraction of sp³-hybridized carbons (Fsp3) is 1.00. The van der Waals surface area contributed by atoms with Crippen LogP contribution in [0.3, 0.4) is 0 Å². The van der Waals surface area contributed by atoms with Crippen molar-refractivity contribution in [1.29, 1.82) is 0 Å². The number of aliphatic hydroxyl groups is 2. The maximum absolute atomic E-state index is 8.77. The van der Waals surface area contributed by atoms with Crippen molar-refractivity contribution in [1.82, 2.24) is 0 Å². The van der Waals surface area contributed by atoms with Crippen LogP contribution in [-0.4, -0.2) is 26.7 Å². The summed E-state index contributed by atoms with van der Waals surface area (Å²) in [6.45, 7) is 0.0556. The van der Waals surface area contributed by atoms with E-state index in [-0.39, 0.29) is 21.9 Å². The molecule has 1 saturated carbocycles. The topological polar surface area (TPSA) is 40.5 Å². The number of hydrogen-bond donors (Lipinski definition) is 2. The highest BCUT2D eigenvalue weighted by Gasteiger charge is 2.64. The fourth-order valence-corrected chi connectivity index (χ4v) is 2.35. The molecule has 0 spiro atoms. The first kappa shape index (κ1) is 7.98. The van der Waals surface area contributed by atoms with Gasteiger partial charge >= 0.3 is 0 Å². The molecule has 0 aromatic carbocycles. The summed E-state index contributed by atoms with van der Waals surface area (Å²) in [5.41, 5.74) is -0.326. The second kappa shape index (κ2) is 2.19. The minimum absolute atomic E-state index is 0.0278. The van der Waals surface area contributed by atoms with Crippen LogP contribution >= 0.6 is 31.9 Å². The molecule has 0 aromatic heterocycles. The Kier molecular flexibility index (Phi) is 1.94. The van der Waals surface area contributed by atoms with Gasteiger partial charge in [-0.25, -0.2) is 0 Å². The Morgan fingerprint density at radius 3 is 1.56 bits per heavy atom. The molecule has 0 saturated heterocycles. The lowest BCUT2D eigenvalue weighted by Gasteiger charge is -2.09. The van der Waals surface area contributed by atoms with E-state index in [1.807, 2.05) is 0 Å². The zero-order valence-corrected chi connectivity index (χ0v) is 7.94. The lowest BCUT2D eigenvalue weighted by atomic mass is 10.1. The third-order valence-corrected chi connectivity index (χ3v) is 4.06. The maximum Gasteiger partial charge on any atom is 0.0913 e. The lowest BCUT2D eigenvalue weighted by Crippen LogP contribution is -2.18. The van der Waals surface area contributed by atoms with Gasteiger partial charge in [-0.2, -0.15) is 0 Å². The third kappa shape index (κ3) is 1.06. The smallest absolute Gasteiger partial charge is 0.0913 e. The SMILES string of the molecule is OCC1(CO)CC1(Br)Br. The average Bonchev–Trinajstić information content (AvgIpc) is 2.35. The van der Waals surface area contributed by atoms with Gasteiger partial charge in [0.1, 0.15) is 0 Å². The molecule has 0 aliphatic heterocycles. The number of alkyl halides is 2. The van der Waals surface area contributed by atoms with Crippen molar-refractivity contribution in [3.8, 4) is 0 Å². The molecule has 0 radical (unpaired) electrons. The van der Waals surface area contributed by atoms with E-state index in [1.165, 1.54) is 0 Å². The van der Waals surface area contributed by atoms with Crippen molar-refractivity contribution >= 4 is 31.9 Å². The molecule has 1 aliphatic rings. The predicted molar refractivity (Wildman–Crippen MR) is 41.8 cm³/mol. The summed E-state index contributed by atoms with van der Waals surface area (Å²) in [5.74, 6) is 0. The number of aliphatic hydroxyl groups excluding tert-OH is 2. The zero-order chi connectivity index (χ0) is 7.12. The van der Waals surface area contributed by atoms with Crippen molar-refractivity contribution in [2.24, 2.45) is 5.41 Å². The molecule has 0 heterocycles. The van der Waals surface area contributed by atoms with Gasteiger partial charge in [-0.05, 0) is 6.42 Å². The standard InChI is InChI=1S/C5H8Br2O2/c6-5(7)1-4(5,2-8)3-9/h8-9H,1-3H2. The molecule has 9 heavy (non-hydrogen) atoms. The van der Waals surface area contributed by atoms with E-state index in [2.05, 4.69) is 31.9 Å². The Morgan fingerprint density at radius 1 is 1.22 bits per heavy atom. The molecule has 2 nitrogen and oxygen atoms in total. The van der Waals surface area contributed by atoms with E-state index in [9.17, 15) is 0 Å². The Balaban J connectivity index is 2.57. The predicted octanol–water partition coefficient (Wildman–Crippen LogP) is 0.847. The van der Waals surface area contributed by atoms with Crippen LogP contribution in [0, 0.1) is 5.41 Å². The van der Waals surface area contributed by atoms with Crippen molar-refractivity contribution < 1.29 is 10.2 Å². The fourth-order valence-electron chi connectivity index (χ4n) is 0.774. The Morgan fingerprint density at radius 2 is 1.56 bits per heavy atom. The lowest BCUT2D eigenvalue weighted by molar-refractivity contribution is 0.134. The largest absolute Gasteiger partial charge is 0.396 e. The second-order valence-corrected chi connectivity index (χ2v) is 6.25. The highest BCUT2D eigenvalue weighted by atomic mass is 79.9. The zero-order valence-electron chi connectivity index (χ0n) is 4.77. The molecule has 0 aromatic rings. The van der Waals surface area contributed by atoms with Gasteiger partial charge in [0, 0.05) is 5.41 Å². The number of halogens is 2. The highest BCUT2D eigenvalue weighted by Crippen LogP contribution is 2.65. The molecule has 0 bridgehead atoms. The first-order valence-electron chi connectivity index (χ1n) is 2.67. The minimum atomic E-state index is -0.326. The van der Waals surface area contributed by atoms with E-state index < -0.39 is 0 Å². The molecule has 54 valence electrons. The normalized spacial score (nSPS) is 28.0. The Hall–Kier alpha value is 0.880. The molecule has 1 fully saturated rings. The van der Waals surface area contributed by atoms with Crippen LogP contribution in [0.1, 0.15) is 6.42 Å². The van der Waals surface area contributed by atoms with Gasteiger partial charge in [-0.15, -0.1) is 0 Å². The second-order valence-electron chi connectivity index (χ2n) is 2.48. The summed E-state index contributed by atoms with van der Waals surface area (Å²) in [6.07, 6.45) is 0.785. The third-order valence-electron chi connectivity index (χ3n) is 1.82. The van der Waals surface area contributed by atoms with Gasteiger partial charge in [-0.1, -0.05) is 31.9 Å². The van der Waals surface area contributed by atoms with E-state index in [0.717, 1.165) is 6.42 Å². The van der Waals surface area contributed by atoms with Crippen LogP contribution in [0.4, 0.5) is 0 Å². The summed E-state index contributed by atoms with van der Waals surface area (Å²) in [5, 5.41) is 17.5. The van der Waals surface area contributed by atoms with Crippen LogP contribution in [0.5, 0.6) is 0 Å². The van der Waals surface area contributed by atoms with Gasteiger partial charge < -0.3 is 10.2 Å². The Labute approximate surface area is 70.5 Å². The van der Waals surface area contributed by atoms with Crippen LogP contribution < -0.4 is 0 Å². The molecule has 0 amide bonds. The summed E-state index contributed by atoms with van der Waals surface area (Å²) in [6, 6.07) is 0. The van der Waals surface area contributed by atoms with E-state index in [1.54, 1.807) is 0 Å². The first-order chi connectivity index (χ1) is 4.08. The average molecular weight is 260 g/mol. The molecular weight excluding hydrogens is 252 g/mol. The summed E-state index contributed by atoms with van der Waals surface area (Å²) < 4.78 is -0.212. The van der Waals surface area contributed by atoms with Crippen molar-refractivity contribution in [2.75, 3.05) is 13.2 Å². The molecule has 1 rings (SSSR count). The van der Waals surface area contributed by atoms with E-state index in [4.69, 9.17) is 10.2 Å². The van der Waals surface area contributed by atoms with Crippen LogP contribution in [-0.2, 0) is 0 Å². The highest BCUT2D eigenvalue weighted by molar-refractivity contribution is 9.25. The maximum atomic E-state index is 8.77. The molecule has 4 heteroatoms. The Bertz CT molecular complexity index is 120. The van der Waals surface area contributed by atoms with Crippen LogP contribution in [0.25, 0.3) is 0 Å². The molecule has 1 aliphatic carbocycles. The van der Waals surface area contributed by atoms with Crippen molar-refractivity contribution in [2.45, 2.75) is 9.65 Å². The monoisotopic (exact) mass is 258 g/mol. The van der Waals surface area contributed by atoms with Gasteiger partial charge in [-0.3, -0.25) is 0 Å². The summed E-state index contributed by atoms with van der Waals surface area (Å²) >= 11 is 6.65. The minimum Gasteiger partial charge on any atom is -0.396 e. The molecule has 2 N–H and O–H groups in total. The van der Waals surface area contributed by atoms with Crippen LogP contribution in [0.2, 0.25) is 0 Å². The molecular formula is C5H8Br2O2. The molecule has 0 atom stereocenters. The van der Waals surface area contributed by atoms with Crippen LogP contribution in [0.15, 0.2) is 0 Å². The van der Waals surface area contributed by atoms with Crippen molar-refractivity contribution in [3.63, 3.8) is 0 Å². The van der Waals surface area contributed by atoms with Gasteiger partial charge in [0.2, 0.25) is 0 Å². The van der Waals surface area contributed by atoms with Gasteiger partial charge in [0.25, 0.3) is 0 Å². The van der Waals surface area contributed by atoms with Gasteiger partial charge in [0.15, 0.2) is 0 Å². The number of rotatable bonds is 2. The first-order valence-corrected chi connectivity index (χ1v) is 4.26. The summed E-state index contributed by atoms with van der Waals surface area (Å²) in [7, 11) is 0. The van der Waals surface area contributed by atoms with E-state index >= 15 is 0 Å². The van der Waals surface area contributed by atoms with Gasteiger partial charge in [0.05, 0.1) is 16.4 Å². The summed E-state index contributed by atoms with van der Waals surface area (Å²) in [4.78, 5) is 0. The van der Waals surface area contributed by atoms with Crippen molar-refractivity contribution in [3.05, 3.63) is 0 Å². The number of hydrogen-bond acceptors (Lipinski definition) is 2. The van der Waals surface area contributed by atoms with E-state index in [0.29, 0.717) is 0 Å². The quantitative estimate of drug-likeness (QED) is 0.722. The molecule has 0 unspecified atom stereocenters.